The Balaban J connectivity index is 2.09. The third-order valence-electron chi connectivity index (χ3n) is 4.58. The first-order valence-electron chi connectivity index (χ1n) is 9.58. The average Bonchev–Trinajstić information content (AvgIpc) is 3.13. The standard InChI is InChI=1S/C21H23F2N5O2S/c1-13(29)20(30)28-21(10-11-25-26-14(2)24,15-6-4-3-5-7-15)31-19(27-28)17-12-16(22)8-9-18(17)23/h3-9,12-13,25,29H,10-11H2,1-2H3,(H2,24,26)/t13-,21?/m0/s1. The molecule has 0 spiro atoms. The van der Waals surface area contributed by atoms with Gasteiger partial charge in [-0.15, -0.1) is 0 Å². The maximum absolute atomic E-state index is 14.5. The Kier molecular flexibility index (Phi) is 6.91. The fourth-order valence-corrected chi connectivity index (χ4v) is 4.54. The van der Waals surface area contributed by atoms with E-state index in [1.807, 2.05) is 18.2 Å². The van der Waals surface area contributed by atoms with Gasteiger partial charge in [0.2, 0.25) is 0 Å². The number of halogens is 2. The quantitative estimate of drug-likeness (QED) is 0.262. The minimum Gasteiger partial charge on any atom is -0.386 e. The summed E-state index contributed by atoms with van der Waals surface area (Å²) >= 11 is 1.12. The molecule has 0 saturated heterocycles. The molecular weight excluding hydrogens is 424 g/mol. The molecule has 1 aliphatic rings. The molecule has 1 amide bonds. The molecule has 0 saturated carbocycles. The first kappa shape index (κ1) is 22.7. The number of amidine groups is 1. The molecule has 164 valence electrons. The summed E-state index contributed by atoms with van der Waals surface area (Å²) in [4.78, 5) is 11.8. The second-order valence-electron chi connectivity index (χ2n) is 7.02. The van der Waals surface area contributed by atoms with Crippen LogP contribution in [0.1, 0.15) is 31.4 Å². The van der Waals surface area contributed by atoms with Gasteiger partial charge in [-0.2, -0.15) is 10.2 Å². The van der Waals surface area contributed by atoms with Gasteiger partial charge in [-0.25, -0.2) is 13.8 Å². The topological polar surface area (TPSA) is 103 Å². The Morgan fingerprint density at radius 1 is 1.32 bits per heavy atom. The highest BCUT2D eigenvalue weighted by molar-refractivity contribution is 8.15. The number of aliphatic hydroxyl groups excluding tert-OH is 1. The lowest BCUT2D eigenvalue weighted by atomic mass is 10.0. The zero-order valence-corrected chi connectivity index (χ0v) is 17.9. The highest BCUT2D eigenvalue weighted by atomic mass is 32.2. The van der Waals surface area contributed by atoms with E-state index in [4.69, 9.17) is 5.73 Å². The number of benzene rings is 2. The predicted molar refractivity (Wildman–Crippen MR) is 117 cm³/mol. The fourth-order valence-electron chi connectivity index (χ4n) is 3.16. The number of nitrogens with zero attached hydrogens (tertiary/aromatic N) is 3. The smallest absolute Gasteiger partial charge is 0.272 e. The lowest BCUT2D eigenvalue weighted by molar-refractivity contribution is -0.143. The third kappa shape index (κ3) is 4.86. The molecule has 31 heavy (non-hydrogen) atoms. The first-order chi connectivity index (χ1) is 14.7. The molecule has 0 fully saturated rings. The van der Waals surface area contributed by atoms with Gasteiger partial charge in [0.1, 0.15) is 33.5 Å². The van der Waals surface area contributed by atoms with Crippen LogP contribution in [0.15, 0.2) is 58.7 Å². The molecule has 3 rings (SSSR count). The summed E-state index contributed by atoms with van der Waals surface area (Å²) in [5.74, 6) is -1.62. The van der Waals surface area contributed by atoms with Crippen LogP contribution < -0.4 is 11.2 Å². The van der Waals surface area contributed by atoms with E-state index in [-0.39, 0.29) is 10.6 Å². The summed E-state index contributed by atoms with van der Waals surface area (Å²) in [5.41, 5.74) is 9.04. The van der Waals surface area contributed by atoms with Crippen molar-refractivity contribution in [1.82, 2.24) is 10.4 Å². The fraction of sp³-hybridized carbons (Fsp3) is 0.286. The number of hydrogen-bond donors (Lipinski definition) is 3. The molecule has 10 heteroatoms. The number of carbonyl (C=O) groups is 1. The van der Waals surface area contributed by atoms with Crippen molar-refractivity contribution in [3.8, 4) is 0 Å². The first-order valence-corrected chi connectivity index (χ1v) is 10.4. The van der Waals surface area contributed by atoms with Gasteiger partial charge in [0, 0.05) is 18.5 Å². The van der Waals surface area contributed by atoms with E-state index in [1.165, 1.54) is 6.92 Å². The Labute approximate surface area is 183 Å². The van der Waals surface area contributed by atoms with Gasteiger partial charge in [0.05, 0.1) is 0 Å². The monoisotopic (exact) mass is 447 g/mol. The molecule has 2 atom stereocenters. The van der Waals surface area contributed by atoms with Crippen LogP contribution in [-0.4, -0.2) is 39.6 Å². The van der Waals surface area contributed by atoms with Crippen LogP contribution in [0, 0.1) is 11.6 Å². The van der Waals surface area contributed by atoms with Crippen molar-refractivity contribution in [3.63, 3.8) is 0 Å². The van der Waals surface area contributed by atoms with E-state index < -0.39 is 28.5 Å². The summed E-state index contributed by atoms with van der Waals surface area (Å²) in [6.07, 6.45) is -1.05. The molecule has 0 aliphatic carbocycles. The predicted octanol–water partition coefficient (Wildman–Crippen LogP) is 2.71. The summed E-state index contributed by atoms with van der Waals surface area (Å²) in [6.45, 7) is 3.26. The molecule has 0 radical (unpaired) electrons. The number of rotatable bonds is 7. The van der Waals surface area contributed by atoms with E-state index >= 15 is 0 Å². The normalized spacial score (nSPS) is 19.8. The van der Waals surface area contributed by atoms with Crippen LogP contribution in [0.3, 0.4) is 0 Å². The number of nitrogens with two attached hydrogens (primary N) is 1. The van der Waals surface area contributed by atoms with Crippen LogP contribution in [0.5, 0.6) is 0 Å². The van der Waals surface area contributed by atoms with Crippen LogP contribution >= 0.6 is 11.8 Å². The van der Waals surface area contributed by atoms with Crippen LogP contribution in [0.2, 0.25) is 0 Å². The highest BCUT2D eigenvalue weighted by Crippen LogP contribution is 2.50. The molecule has 7 nitrogen and oxygen atoms in total. The second kappa shape index (κ2) is 9.44. The molecule has 4 N–H and O–H groups in total. The molecule has 2 aromatic rings. The highest BCUT2D eigenvalue weighted by Gasteiger charge is 2.49. The van der Waals surface area contributed by atoms with Crippen molar-refractivity contribution >= 4 is 28.5 Å². The summed E-state index contributed by atoms with van der Waals surface area (Å²) in [7, 11) is 0. The third-order valence-corrected chi connectivity index (χ3v) is 6.02. The molecule has 0 aromatic heterocycles. The Morgan fingerprint density at radius 3 is 2.68 bits per heavy atom. The zero-order valence-electron chi connectivity index (χ0n) is 17.0. The van der Waals surface area contributed by atoms with E-state index in [2.05, 4.69) is 15.6 Å². The Hall–Kier alpha value is -2.98. The van der Waals surface area contributed by atoms with Crippen LogP contribution in [0.4, 0.5) is 8.78 Å². The molecule has 2 aromatic carbocycles. The van der Waals surface area contributed by atoms with Crippen molar-refractivity contribution in [1.29, 1.82) is 0 Å². The van der Waals surface area contributed by atoms with Crippen molar-refractivity contribution in [2.75, 3.05) is 6.54 Å². The maximum Gasteiger partial charge on any atom is 0.272 e. The van der Waals surface area contributed by atoms with Gasteiger partial charge in [0.25, 0.3) is 5.91 Å². The maximum atomic E-state index is 14.5. The number of hydrogen-bond acceptors (Lipinski definition) is 6. The number of hydrazone groups is 2. The second-order valence-corrected chi connectivity index (χ2v) is 8.29. The van der Waals surface area contributed by atoms with Crippen molar-refractivity contribution < 1.29 is 18.7 Å². The SMILES string of the molecule is CC(N)=NNCCC1(c2ccccc2)SC(c2cc(F)ccc2F)=NN1C(=O)[C@H](C)O. The number of aliphatic hydroxyl groups is 1. The van der Waals surface area contributed by atoms with Gasteiger partial charge in [0.15, 0.2) is 0 Å². The summed E-state index contributed by atoms with van der Waals surface area (Å²) < 4.78 is 28.3. The number of carbonyl (C=O) groups excluding carboxylic acids is 1. The largest absolute Gasteiger partial charge is 0.386 e. The lowest BCUT2D eigenvalue weighted by Crippen LogP contribution is -2.46. The van der Waals surface area contributed by atoms with Crippen molar-refractivity contribution in [3.05, 3.63) is 71.3 Å². The minimum atomic E-state index is -1.35. The van der Waals surface area contributed by atoms with E-state index in [0.29, 0.717) is 24.4 Å². The van der Waals surface area contributed by atoms with E-state index in [1.54, 1.807) is 19.1 Å². The number of amides is 1. The van der Waals surface area contributed by atoms with Crippen molar-refractivity contribution in [2.24, 2.45) is 15.9 Å². The minimum absolute atomic E-state index is 0.0602. The van der Waals surface area contributed by atoms with Gasteiger partial charge in [-0.3, -0.25) is 4.79 Å². The van der Waals surface area contributed by atoms with Gasteiger partial charge in [-0.1, -0.05) is 42.1 Å². The molecular formula is C21H23F2N5O2S. The lowest BCUT2D eigenvalue weighted by Gasteiger charge is -2.36. The van der Waals surface area contributed by atoms with Crippen molar-refractivity contribution in [2.45, 2.75) is 31.2 Å². The molecule has 0 bridgehead atoms. The average molecular weight is 448 g/mol. The van der Waals surface area contributed by atoms with Gasteiger partial charge < -0.3 is 16.3 Å². The Bertz CT molecular complexity index is 1010. The molecule has 1 heterocycles. The van der Waals surface area contributed by atoms with Gasteiger partial charge in [-0.05, 0) is 37.6 Å². The molecule has 1 aliphatic heterocycles. The summed E-state index contributed by atoms with van der Waals surface area (Å²) in [6, 6.07) is 12.1. The molecule has 1 unspecified atom stereocenters. The number of nitrogens with one attached hydrogen (secondary N) is 1. The van der Waals surface area contributed by atoms with E-state index in [9.17, 15) is 18.7 Å². The number of thioether (sulfide) groups is 1. The van der Waals surface area contributed by atoms with Crippen LogP contribution in [-0.2, 0) is 9.67 Å². The van der Waals surface area contributed by atoms with Crippen LogP contribution in [0.25, 0.3) is 0 Å². The summed E-state index contributed by atoms with van der Waals surface area (Å²) in [5, 5.41) is 19.6. The van der Waals surface area contributed by atoms with E-state index in [0.717, 1.165) is 35.0 Å². The van der Waals surface area contributed by atoms with Gasteiger partial charge >= 0.3 is 0 Å². The zero-order chi connectivity index (χ0) is 22.6. The Morgan fingerprint density at radius 2 is 2.03 bits per heavy atom.